The molecular formula is C77H64N2OS. The van der Waals surface area contributed by atoms with Crippen LogP contribution in [0.1, 0.15) is 101 Å². The largest absolute Gasteiger partial charge is 0.454 e. The third-order valence-corrected chi connectivity index (χ3v) is 18.9. The van der Waals surface area contributed by atoms with E-state index in [1.165, 1.54) is 92.1 Å². The van der Waals surface area contributed by atoms with E-state index >= 15 is 0 Å². The molecule has 15 rings (SSSR count). The van der Waals surface area contributed by atoms with Crippen molar-refractivity contribution in [3.05, 3.63) is 263 Å². The van der Waals surface area contributed by atoms with Crippen molar-refractivity contribution in [3.8, 4) is 22.3 Å². The topological polar surface area (TPSA) is 19.6 Å². The van der Waals surface area contributed by atoms with Crippen molar-refractivity contribution in [1.82, 2.24) is 0 Å². The third-order valence-electron chi connectivity index (χ3n) is 17.7. The molecular weight excluding hydrogens is 1000 g/mol. The third kappa shape index (κ3) is 7.39. The van der Waals surface area contributed by atoms with E-state index < -0.39 is 5.41 Å². The van der Waals surface area contributed by atoms with E-state index in [2.05, 4.69) is 297 Å². The first-order valence-corrected chi connectivity index (χ1v) is 29.5. The van der Waals surface area contributed by atoms with Gasteiger partial charge in [0.05, 0.1) is 16.8 Å². The van der Waals surface area contributed by atoms with Crippen LogP contribution in [0, 0.1) is 0 Å². The van der Waals surface area contributed by atoms with E-state index in [0.717, 1.165) is 56.1 Å². The van der Waals surface area contributed by atoms with Crippen LogP contribution in [0.3, 0.4) is 0 Å². The maximum Gasteiger partial charge on any atom is 0.160 e. The molecule has 0 amide bonds. The molecule has 0 bridgehead atoms. The number of hydrogen-bond donors (Lipinski definition) is 0. The first-order valence-electron chi connectivity index (χ1n) is 28.7. The van der Waals surface area contributed by atoms with Gasteiger partial charge in [-0.3, -0.25) is 0 Å². The number of fused-ring (bicyclic) bond motifs is 19. The number of furan rings is 1. The lowest BCUT2D eigenvalue weighted by Gasteiger charge is -2.34. The molecule has 394 valence electrons. The number of hydrogen-bond acceptors (Lipinski definition) is 4. The highest BCUT2D eigenvalue weighted by molar-refractivity contribution is 7.26. The SMILES string of the molecule is CC(C)(C)c1ccc(N(c2ccc3ccccc3c2)c2cc3c(c4c2oc2ccccc24)-c2c(cc(N(c4ccc(C(C)(C)C)cc4)c4ccc(C(C)(C)C)cc4)c4c2sc2ccccc24)C32c3ccccc3-c3ccccc32)cc1. The molecule has 2 aliphatic carbocycles. The maximum absolute atomic E-state index is 7.47. The minimum Gasteiger partial charge on any atom is -0.454 e. The molecule has 0 saturated carbocycles. The Morgan fingerprint density at radius 1 is 0.370 bits per heavy atom. The number of anilines is 6. The van der Waals surface area contributed by atoms with Crippen LogP contribution in [-0.2, 0) is 21.7 Å². The Labute approximate surface area is 479 Å². The van der Waals surface area contributed by atoms with Gasteiger partial charge in [0.15, 0.2) is 5.58 Å². The molecule has 0 fully saturated rings. The fourth-order valence-corrected chi connectivity index (χ4v) is 14.9. The van der Waals surface area contributed by atoms with Crippen LogP contribution < -0.4 is 9.80 Å². The van der Waals surface area contributed by atoms with Gasteiger partial charge in [-0.15, -0.1) is 11.3 Å². The second kappa shape index (κ2) is 17.6. The Morgan fingerprint density at radius 3 is 1.41 bits per heavy atom. The normalized spacial score (nSPS) is 13.6. The van der Waals surface area contributed by atoms with Crippen LogP contribution in [0.15, 0.2) is 229 Å². The van der Waals surface area contributed by atoms with Crippen molar-refractivity contribution in [1.29, 1.82) is 0 Å². The van der Waals surface area contributed by atoms with Crippen LogP contribution in [0.25, 0.3) is 75.1 Å². The van der Waals surface area contributed by atoms with Crippen LogP contribution in [0.5, 0.6) is 0 Å². The summed E-state index contributed by atoms with van der Waals surface area (Å²) in [5.74, 6) is 0. The van der Waals surface area contributed by atoms with Crippen LogP contribution in [-0.4, -0.2) is 0 Å². The predicted octanol–water partition coefficient (Wildman–Crippen LogP) is 22.3. The molecule has 13 aromatic rings. The zero-order valence-corrected chi connectivity index (χ0v) is 48.4. The molecule has 0 atom stereocenters. The molecule has 0 N–H and O–H groups in total. The summed E-state index contributed by atoms with van der Waals surface area (Å²) in [7, 11) is 0. The van der Waals surface area contributed by atoms with Gasteiger partial charge in [0.25, 0.3) is 0 Å². The first kappa shape index (κ1) is 49.4. The average molecular weight is 1070 g/mol. The fraction of sp³-hybridized carbons (Fsp3) is 0.169. The zero-order chi connectivity index (χ0) is 55.3. The second-order valence-electron chi connectivity index (χ2n) is 25.7. The summed E-state index contributed by atoms with van der Waals surface area (Å²) in [6, 6.07) is 85.1. The minimum atomic E-state index is -0.749. The van der Waals surface area contributed by atoms with E-state index in [1.807, 2.05) is 11.3 Å². The molecule has 2 aliphatic rings. The number of thiophene rings is 1. The van der Waals surface area contributed by atoms with Gasteiger partial charge in [0.1, 0.15) is 5.58 Å². The Hall–Kier alpha value is -8.70. The molecule has 0 aliphatic heterocycles. The van der Waals surface area contributed by atoms with E-state index in [-0.39, 0.29) is 16.2 Å². The molecule has 0 radical (unpaired) electrons. The maximum atomic E-state index is 7.47. The standard InChI is InChI=1S/C77H64N2OS/c1-74(2,3)49-31-38-52(39-32-49)78(53-40-33-50(34-41-53)75(4,5)6)64-45-63-71(73-68(64)59-25-15-19-29-67(59)81-73)70-62(77(63)60-26-16-12-22-56(60)57-23-13-17-27-61(57)77)46-65(72-69(70)58-24-14-18-28-66(58)80-72)79(54-42-35-51(36-43-54)76(7,8)9)55-37-30-47-20-10-11-21-48(47)44-55/h10-46H,1-9H3. The number of nitrogens with zero attached hydrogens (tertiary/aromatic N) is 2. The van der Waals surface area contributed by atoms with Crippen molar-refractivity contribution < 1.29 is 4.42 Å². The lowest BCUT2D eigenvalue weighted by Crippen LogP contribution is -2.26. The van der Waals surface area contributed by atoms with Crippen LogP contribution in [0.2, 0.25) is 0 Å². The van der Waals surface area contributed by atoms with Crippen molar-refractivity contribution >= 4 is 98.3 Å². The van der Waals surface area contributed by atoms with Crippen molar-refractivity contribution in [2.45, 2.75) is 84.0 Å². The van der Waals surface area contributed by atoms with E-state index in [1.54, 1.807) is 0 Å². The summed E-state index contributed by atoms with van der Waals surface area (Å²) in [4.78, 5) is 5.03. The van der Waals surface area contributed by atoms with Gasteiger partial charge in [-0.2, -0.15) is 0 Å². The summed E-state index contributed by atoms with van der Waals surface area (Å²) < 4.78 is 10.0. The quantitative estimate of drug-likeness (QED) is 0.165. The van der Waals surface area contributed by atoms with Crippen LogP contribution >= 0.6 is 11.3 Å². The molecule has 2 heterocycles. The van der Waals surface area contributed by atoms with E-state index in [0.29, 0.717) is 0 Å². The van der Waals surface area contributed by atoms with Gasteiger partial charge in [-0.1, -0.05) is 214 Å². The zero-order valence-electron chi connectivity index (χ0n) is 47.6. The van der Waals surface area contributed by atoms with Crippen molar-refractivity contribution in [3.63, 3.8) is 0 Å². The van der Waals surface area contributed by atoms with Gasteiger partial charge in [-0.25, -0.2) is 0 Å². The molecule has 2 aromatic heterocycles. The molecule has 1 spiro atoms. The smallest absolute Gasteiger partial charge is 0.160 e. The number of para-hydroxylation sites is 1. The van der Waals surface area contributed by atoms with Gasteiger partial charge >= 0.3 is 0 Å². The Morgan fingerprint density at radius 2 is 0.827 bits per heavy atom. The Balaban J connectivity index is 1.12. The highest BCUT2D eigenvalue weighted by Crippen LogP contribution is 2.68. The highest BCUT2D eigenvalue weighted by Gasteiger charge is 2.54. The average Bonchev–Trinajstić information content (AvgIpc) is 4.08. The van der Waals surface area contributed by atoms with Gasteiger partial charge in [0, 0.05) is 64.8 Å². The lowest BCUT2D eigenvalue weighted by atomic mass is 9.70. The monoisotopic (exact) mass is 1060 g/mol. The summed E-state index contributed by atoms with van der Waals surface area (Å²) in [6.45, 7) is 20.7. The van der Waals surface area contributed by atoms with Crippen LogP contribution in [0.4, 0.5) is 34.1 Å². The van der Waals surface area contributed by atoms with E-state index in [9.17, 15) is 0 Å². The van der Waals surface area contributed by atoms with Gasteiger partial charge in [0.2, 0.25) is 0 Å². The highest BCUT2D eigenvalue weighted by atomic mass is 32.1. The molecule has 0 saturated heterocycles. The summed E-state index contributed by atoms with van der Waals surface area (Å²) in [5.41, 5.74) is 21.5. The second-order valence-corrected chi connectivity index (χ2v) is 26.7. The van der Waals surface area contributed by atoms with Gasteiger partial charge < -0.3 is 14.2 Å². The number of benzene rings is 11. The van der Waals surface area contributed by atoms with Gasteiger partial charge in [-0.05, 0) is 150 Å². The fourth-order valence-electron chi connectivity index (χ4n) is 13.7. The van der Waals surface area contributed by atoms with Crippen molar-refractivity contribution in [2.75, 3.05) is 9.80 Å². The minimum absolute atomic E-state index is 0.00920. The van der Waals surface area contributed by atoms with Crippen molar-refractivity contribution in [2.24, 2.45) is 0 Å². The predicted molar refractivity (Wildman–Crippen MR) is 346 cm³/mol. The molecule has 3 nitrogen and oxygen atoms in total. The Kier molecular flexibility index (Phi) is 10.8. The van der Waals surface area contributed by atoms with E-state index in [4.69, 9.17) is 4.42 Å². The summed E-state index contributed by atoms with van der Waals surface area (Å²) >= 11 is 1.93. The Bertz CT molecular complexity index is 4580. The summed E-state index contributed by atoms with van der Waals surface area (Å²) in [5, 5.41) is 7.12. The first-order chi connectivity index (χ1) is 39.1. The molecule has 0 unspecified atom stereocenters. The lowest BCUT2D eigenvalue weighted by molar-refractivity contribution is 0.590. The molecule has 4 heteroatoms. The molecule has 81 heavy (non-hydrogen) atoms. The summed E-state index contributed by atoms with van der Waals surface area (Å²) in [6.07, 6.45) is 0. The molecule has 11 aromatic carbocycles. The number of rotatable bonds is 6.